The molecule has 51 heavy (non-hydrogen) atoms. The van der Waals surface area contributed by atoms with Gasteiger partial charge in [0.1, 0.15) is 0 Å². The maximum absolute atomic E-state index is 10.3. The van der Waals surface area contributed by atoms with E-state index in [1.54, 1.807) is 0 Å². The Kier molecular flexibility index (Phi) is 6.43. The van der Waals surface area contributed by atoms with Crippen molar-refractivity contribution in [1.29, 1.82) is 5.26 Å². The smallest absolute Gasteiger partial charge is 0.164 e. The summed E-state index contributed by atoms with van der Waals surface area (Å²) in [5, 5.41) is 10.3. The molecule has 2 aliphatic carbocycles. The molecule has 1 aromatic heterocycles. The normalized spacial score (nSPS) is 12.8. The van der Waals surface area contributed by atoms with Crippen LogP contribution in [0.15, 0.2) is 170 Å². The molecule has 0 atom stereocenters. The molecular weight excluding hydrogens is 621 g/mol. The Morgan fingerprint density at radius 2 is 0.843 bits per heavy atom. The molecule has 0 N–H and O–H groups in total. The quantitative estimate of drug-likeness (QED) is 0.191. The topological polar surface area (TPSA) is 62.5 Å². The van der Waals surface area contributed by atoms with E-state index in [1.165, 1.54) is 33.4 Å². The van der Waals surface area contributed by atoms with Gasteiger partial charge in [0.15, 0.2) is 17.5 Å². The van der Waals surface area contributed by atoms with E-state index >= 15 is 0 Å². The van der Waals surface area contributed by atoms with Crippen molar-refractivity contribution in [2.24, 2.45) is 0 Å². The number of benzene rings is 7. The highest BCUT2D eigenvalue weighted by molar-refractivity contribution is 5.97. The van der Waals surface area contributed by atoms with Crippen LogP contribution in [-0.2, 0) is 5.41 Å². The Balaban J connectivity index is 1.12. The highest BCUT2D eigenvalue weighted by atomic mass is 15.0. The third-order valence-corrected chi connectivity index (χ3v) is 10.4. The molecule has 7 aromatic carbocycles. The van der Waals surface area contributed by atoms with Crippen molar-refractivity contribution in [3.8, 4) is 73.6 Å². The Labute approximate surface area is 296 Å². The summed E-state index contributed by atoms with van der Waals surface area (Å²) in [7, 11) is 0. The lowest BCUT2D eigenvalue weighted by molar-refractivity contribution is 0.794. The molecule has 0 aliphatic heterocycles. The van der Waals surface area contributed by atoms with Crippen molar-refractivity contribution in [3.05, 3.63) is 198 Å². The van der Waals surface area contributed by atoms with Crippen LogP contribution in [0.1, 0.15) is 27.8 Å². The van der Waals surface area contributed by atoms with Crippen LogP contribution < -0.4 is 0 Å². The molecule has 236 valence electrons. The highest BCUT2D eigenvalue weighted by Crippen LogP contribution is 2.63. The second-order valence-electron chi connectivity index (χ2n) is 13.1. The van der Waals surface area contributed by atoms with Crippen molar-refractivity contribution in [2.45, 2.75) is 5.41 Å². The van der Waals surface area contributed by atoms with Gasteiger partial charge >= 0.3 is 0 Å². The van der Waals surface area contributed by atoms with Crippen LogP contribution in [0.5, 0.6) is 0 Å². The molecule has 4 nitrogen and oxygen atoms in total. The van der Waals surface area contributed by atoms with Crippen LogP contribution in [-0.4, -0.2) is 15.0 Å². The lowest BCUT2D eigenvalue weighted by Gasteiger charge is -2.30. The minimum absolute atomic E-state index is 0.521. The first-order valence-corrected chi connectivity index (χ1v) is 17.1. The highest BCUT2D eigenvalue weighted by Gasteiger charge is 2.52. The summed E-state index contributed by atoms with van der Waals surface area (Å²) in [6.45, 7) is 0. The van der Waals surface area contributed by atoms with E-state index in [1.807, 2.05) is 72.8 Å². The first-order valence-electron chi connectivity index (χ1n) is 17.1. The van der Waals surface area contributed by atoms with Crippen LogP contribution in [0.4, 0.5) is 0 Å². The number of rotatable bonds is 4. The minimum Gasteiger partial charge on any atom is -0.208 e. The van der Waals surface area contributed by atoms with Gasteiger partial charge in [0, 0.05) is 22.3 Å². The summed E-state index contributed by atoms with van der Waals surface area (Å²) < 4.78 is 0. The molecule has 0 unspecified atom stereocenters. The van der Waals surface area contributed by atoms with E-state index in [4.69, 9.17) is 15.0 Å². The number of fused-ring (bicyclic) bond motifs is 10. The molecule has 0 amide bonds. The summed E-state index contributed by atoms with van der Waals surface area (Å²) in [6, 6.07) is 61.5. The predicted molar refractivity (Wildman–Crippen MR) is 203 cm³/mol. The molecule has 0 bridgehead atoms. The van der Waals surface area contributed by atoms with E-state index in [2.05, 4.69) is 103 Å². The molecule has 0 fully saturated rings. The zero-order valence-electron chi connectivity index (χ0n) is 27.5. The number of nitrogens with zero attached hydrogens (tertiary/aromatic N) is 4. The van der Waals surface area contributed by atoms with Crippen LogP contribution in [0.25, 0.3) is 67.5 Å². The van der Waals surface area contributed by atoms with Crippen molar-refractivity contribution >= 4 is 0 Å². The lowest BCUT2D eigenvalue weighted by Crippen LogP contribution is -2.25. The Morgan fingerprint density at radius 1 is 0.373 bits per heavy atom. The van der Waals surface area contributed by atoms with E-state index in [0.29, 0.717) is 23.0 Å². The molecular formula is C47H28N4. The van der Waals surface area contributed by atoms with Gasteiger partial charge in [-0.3, -0.25) is 0 Å². The van der Waals surface area contributed by atoms with Gasteiger partial charge in [0.05, 0.1) is 17.0 Å². The van der Waals surface area contributed by atoms with E-state index < -0.39 is 5.41 Å². The largest absolute Gasteiger partial charge is 0.208 e. The van der Waals surface area contributed by atoms with E-state index in [9.17, 15) is 5.26 Å². The van der Waals surface area contributed by atoms with Crippen molar-refractivity contribution < 1.29 is 0 Å². The standard InChI is InChI=1S/C47H28N4/c48-29-35-16-11-21-41-43(35)38-27-26-34(28-42(38)47(41)39-19-9-7-17-36(39)37-18-8-10-20-40(37)47)30-22-24-33(25-23-30)46-50-44(31-12-3-1-4-13-31)49-45(51-46)32-14-5-2-6-15-32/h1-28H. The van der Waals surface area contributed by atoms with E-state index in [-0.39, 0.29) is 0 Å². The Bertz CT molecular complexity index is 2590. The van der Waals surface area contributed by atoms with Gasteiger partial charge in [-0.25, -0.2) is 15.0 Å². The Morgan fingerprint density at radius 3 is 1.41 bits per heavy atom. The van der Waals surface area contributed by atoms with Gasteiger partial charge in [-0.05, 0) is 62.2 Å². The fraction of sp³-hybridized carbons (Fsp3) is 0.0213. The molecule has 4 heteroatoms. The Hall–Kier alpha value is -6.96. The molecule has 1 spiro atoms. The molecule has 2 aliphatic rings. The van der Waals surface area contributed by atoms with Gasteiger partial charge in [-0.2, -0.15) is 5.26 Å². The second kappa shape index (κ2) is 11.3. The predicted octanol–water partition coefficient (Wildman–Crippen LogP) is 10.8. The zero-order valence-corrected chi connectivity index (χ0v) is 27.5. The first kappa shape index (κ1) is 29.0. The maximum atomic E-state index is 10.3. The van der Waals surface area contributed by atoms with Gasteiger partial charge < -0.3 is 0 Å². The van der Waals surface area contributed by atoms with Gasteiger partial charge in [0.25, 0.3) is 0 Å². The van der Waals surface area contributed by atoms with Crippen molar-refractivity contribution in [1.82, 2.24) is 15.0 Å². The van der Waals surface area contributed by atoms with Gasteiger partial charge in [0.2, 0.25) is 0 Å². The molecule has 10 rings (SSSR count). The van der Waals surface area contributed by atoms with Crippen molar-refractivity contribution in [2.75, 3.05) is 0 Å². The van der Waals surface area contributed by atoms with Crippen LogP contribution in [0.2, 0.25) is 0 Å². The first-order chi connectivity index (χ1) is 25.2. The molecule has 0 saturated carbocycles. The van der Waals surface area contributed by atoms with E-state index in [0.717, 1.165) is 38.9 Å². The maximum Gasteiger partial charge on any atom is 0.164 e. The summed E-state index contributed by atoms with van der Waals surface area (Å²) in [5.41, 5.74) is 14.7. The average Bonchev–Trinajstić information content (AvgIpc) is 3.68. The SMILES string of the molecule is N#Cc1cccc2c1-c1ccc(-c3ccc(-c4nc(-c5ccccc5)nc(-c5ccccc5)n4)cc3)cc1C21c2ccccc2-c2ccccc21. The van der Waals surface area contributed by atoms with Gasteiger partial charge in [-0.1, -0.05) is 158 Å². The molecule has 0 saturated heterocycles. The van der Waals surface area contributed by atoms with Crippen molar-refractivity contribution in [3.63, 3.8) is 0 Å². The zero-order chi connectivity index (χ0) is 33.9. The van der Waals surface area contributed by atoms with Crippen LogP contribution in [0, 0.1) is 11.3 Å². The number of aromatic nitrogens is 3. The fourth-order valence-corrected chi connectivity index (χ4v) is 8.21. The summed E-state index contributed by atoms with van der Waals surface area (Å²) in [5.74, 6) is 1.91. The monoisotopic (exact) mass is 648 g/mol. The number of nitriles is 1. The lowest BCUT2D eigenvalue weighted by atomic mass is 9.70. The minimum atomic E-state index is -0.521. The average molecular weight is 649 g/mol. The number of hydrogen-bond donors (Lipinski definition) is 0. The fourth-order valence-electron chi connectivity index (χ4n) is 8.21. The summed E-state index contributed by atoms with van der Waals surface area (Å²) in [6.07, 6.45) is 0. The third kappa shape index (κ3) is 4.29. The van der Waals surface area contributed by atoms with Crippen LogP contribution >= 0.6 is 0 Å². The second-order valence-corrected chi connectivity index (χ2v) is 13.1. The number of hydrogen-bond acceptors (Lipinski definition) is 4. The van der Waals surface area contributed by atoms with Crippen LogP contribution in [0.3, 0.4) is 0 Å². The summed E-state index contributed by atoms with van der Waals surface area (Å²) in [4.78, 5) is 14.7. The molecule has 1 heterocycles. The third-order valence-electron chi connectivity index (χ3n) is 10.4. The van der Waals surface area contributed by atoms with Gasteiger partial charge in [-0.15, -0.1) is 0 Å². The summed E-state index contributed by atoms with van der Waals surface area (Å²) >= 11 is 0. The molecule has 0 radical (unpaired) electrons. The molecule has 8 aromatic rings.